The van der Waals surface area contributed by atoms with Crippen molar-refractivity contribution in [2.45, 2.75) is 67.5 Å². The largest absolute Gasteiger partial charge is 0.339 e. The number of benzene rings is 6. The van der Waals surface area contributed by atoms with Crippen LogP contribution in [0.4, 0.5) is 35.1 Å². The Morgan fingerprint density at radius 2 is 0.625 bits per heavy atom. The molecule has 2 N–H and O–H groups in total. The molecule has 0 unspecified atom stereocenters. The highest BCUT2D eigenvalue weighted by Gasteiger charge is 2.47. The minimum absolute atomic E-state index is 0.280. The molecule has 56 heavy (non-hydrogen) atoms. The number of halogens is 8. The van der Waals surface area contributed by atoms with Crippen LogP contribution in [0.3, 0.4) is 0 Å². The van der Waals surface area contributed by atoms with Crippen LogP contribution >= 0.6 is 0 Å². The van der Waals surface area contributed by atoms with Crippen molar-refractivity contribution in [3.8, 4) is 0 Å². The van der Waals surface area contributed by atoms with Crippen LogP contribution < -0.4 is 27.2 Å². The molecule has 292 valence electrons. The Balaban J connectivity index is 0.000000265. The Bertz CT molecular complexity index is 2090. The van der Waals surface area contributed by atoms with Crippen molar-refractivity contribution in [2.75, 3.05) is 0 Å². The molecule has 0 aliphatic rings. The molecule has 0 aliphatic heterocycles. The van der Waals surface area contributed by atoms with Crippen molar-refractivity contribution in [3.05, 3.63) is 188 Å². The molecule has 0 heterocycles. The van der Waals surface area contributed by atoms with E-state index >= 15 is 35.1 Å². The molecule has 1 nitrogen and oxygen atoms in total. The van der Waals surface area contributed by atoms with E-state index in [4.69, 9.17) is 0 Å². The average molecular weight is 774 g/mol. The zero-order valence-electron chi connectivity index (χ0n) is 32.2. The van der Waals surface area contributed by atoms with E-state index in [0.29, 0.717) is 24.3 Å². The highest BCUT2D eigenvalue weighted by Crippen LogP contribution is 2.25. The molecule has 0 saturated heterocycles. The molecule has 0 bridgehead atoms. The van der Waals surface area contributed by atoms with Gasteiger partial charge in [0, 0.05) is 11.1 Å². The van der Waals surface area contributed by atoms with Crippen molar-refractivity contribution in [1.82, 2.24) is 0 Å². The minimum atomic E-state index is -4.50. The van der Waals surface area contributed by atoms with Crippen molar-refractivity contribution < 1.29 is 40.4 Å². The first-order valence-electron chi connectivity index (χ1n) is 18.6. The fraction of sp³-hybridized carbons (Fsp3) is 0.217. The second-order valence-corrected chi connectivity index (χ2v) is 14.2. The lowest BCUT2D eigenvalue weighted by atomic mass is 9.12. The fourth-order valence-corrected chi connectivity index (χ4v) is 7.75. The SMILES string of the molecule is CCc1ccccc1C[NH2+]Cc1ccccc1CC.Cc1ccc(F)c([B-](c2c(F)ccc(C)c2F)(c2c(F)ccc(C)c2F)c2c(F)ccc(C)c2F)c1F. The smallest absolute Gasteiger partial charge is 0.136 e. The van der Waals surface area contributed by atoms with E-state index in [0.717, 1.165) is 50.2 Å². The quantitative estimate of drug-likeness (QED) is 0.106. The molecule has 0 spiro atoms. The summed E-state index contributed by atoms with van der Waals surface area (Å²) in [6, 6.07) is 24.4. The van der Waals surface area contributed by atoms with Gasteiger partial charge >= 0.3 is 0 Å². The topological polar surface area (TPSA) is 16.6 Å². The molecule has 10 heteroatoms. The summed E-state index contributed by atoms with van der Waals surface area (Å²) in [6.07, 6.45) is -2.25. The zero-order chi connectivity index (χ0) is 40.9. The molecular weight excluding hydrogens is 729 g/mol. The first-order chi connectivity index (χ1) is 26.7. The standard InChI is InChI=1S/C28H20BF8.C18H23N/c1-13-5-9-17(30)21(25(13)34)29(22-18(31)10-6-14(2)26(22)35,23-19(32)11-7-15(3)27(23)36)24-20(33)12-8-16(4)28(24)37;1-3-15-9-5-7-11-17(15)13-19-14-18-12-8-6-10-16(18)4-2/h5-12H,1-4H3;5-12,19H,3-4,13-14H2,1-2H3/q-1;/p+1. The Morgan fingerprint density at radius 3 is 0.875 bits per heavy atom. The van der Waals surface area contributed by atoms with E-state index in [9.17, 15) is 0 Å². The molecule has 0 aromatic heterocycles. The summed E-state index contributed by atoms with van der Waals surface area (Å²) in [6.45, 7) is 11.3. The number of quaternary nitrogens is 1. The van der Waals surface area contributed by atoms with E-state index in [2.05, 4.69) is 67.7 Å². The van der Waals surface area contributed by atoms with Gasteiger partial charge in [-0.3, -0.25) is 0 Å². The Morgan fingerprint density at radius 1 is 0.375 bits per heavy atom. The third-order valence-electron chi connectivity index (χ3n) is 10.7. The van der Waals surface area contributed by atoms with Crippen LogP contribution in [0.1, 0.15) is 58.4 Å². The third-order valence-corrected chi connectivity index (χ3v) is 10.7. The summed E-state index contributed by atoms with van der Waals surface area (Å²) in [5.74, 6) is -11.8. The van der Waals surface area contributed by atoms with Gasteiger partial charge in [0.1, 0.15) is 19.2 Å². The number of hydrogen-bond acceptors (Lipinski definition) is 0. The number of aryl methyl sites for hydroxylation is 6. The molecule has 6 aromatic rings. The summed E-state index contributed by atoms with van der Waals surface area (Å²) < 4.78 is 127. The van der Waals surface area contributed by atoms with Crippen LogP contribution in [0, 0.1) is 74.2 Å². The molecule has 0 saturated carbocycles. The zero-order valence-corrected chi connectivity index (χ0v) is 32.2. The van der Waals surface area contributed by atoms with Crippen LogP contribution in [-0.2, 0) is 25.9 Å². The molecule has 6 aromatic carbocycles. The molecule has 0 radical (unpaired) electrons. The average Bonchev–Trinajstić information content (AvgIpc) is 3.18. The summed E-state index contributed by atoms with van der Waals surface area (Å²) in [5, 5.41) is 2.41. The van der Waals surface area contributed by atoms with Crippen molar-refractivity contribution >= 4 is 28.0 Å². The summed E-state index contributed by atoms with van der Waals surface area (Å²) in [4.78, 5) is 0. The molecule has 0 amide bonds. The highest BCUT2D eigenvalue weighted by molar-refractivity contribution is 7.20. The molecule has 0 atom stereocenters. The first kappa shape index (κ1) is 41.9. The minimum Gasteiger partial charge on any atom is -0.339 e. The Kier molecular flexibility index (Phi) is 13.3. The van der Waals surface area contributed by atoms with Crippen LogP contribution in [0.2, 0.25) is 0 Å². The first-order valence-corrected chi connectivity index (χ1v) is 18.6. The maximum absolute atomic E-state index is 15.9. The molecule has 0 fully saturated rings. The summed E-state index contributed by atoms with van der Waals surface area (Å²) in [7, 11) is 0. The van der Waals surface area contributed by atoms with Gasteiger partial charge in [0.2, 0.25) is 0 Å². The molecule has 6 rings (SSSR count). The van der Waals surface area contributed by atoms with Gasteiger partial charge in [0.25, 0.3) is 0 Å². The van der Waals surface area contributed by atoms with Crippen LogP contribution in [0.5, 0.6) is 0 Å². The Labute approximate surface area is 323 Å². The van der Waals surface area contributed by atoms with Crippen molar-refractivity contribution in [2.24, 2.45) is 0 Å². The number of rotatable bonds is 10. The van der Waals surface area contributed by atoms with Gasteiger partial charge in [-0.15, -0.1) is 21.9 Å². The molecular formula is C46H44BF8N. The van der Waals surface area contributed by atoms with E-state index in [1.165, 1.54) is 49.9 Å². The normalized spacial score (nSPS) is 11.4. The second-order valence-electron chi connectivity index (χ2n) is 14.2. The predicted molar refractivity (Wildman–Crippen MR) is 210 cm³/mol. The van der Waals surface area contributed by atoms with E-state index in [1.807, 2.05) is 0 Å². The lowest BCUT2D eigenvalue weighted by Gasteiger charge is -2.45. The summed E-state index contributed by atoms with van der Waals surface area (Å²) >= 11 is 0. The second kappa shape index (κ2) is 17.7. The van der Waals surface area contributed by atoms with Gasteiger partial charge in [-0.25, -0.2) is 35.1 Å². The fourth-order valence-electron chi connectivity index (χ4n) is 7.75. The van der Waals surface area contributed by atoms with Crippen LogP contribution in [-0.4, -0.2) is 6.15 Å². The maximum Gasteiger partial charge on any atom is 0.136 e. The summed E-state index contributed by atoms with van der Waals surface area (Å²) in [5.41, 5.74) is -0.300. The van der Waals surface area contributed by atoms with Crippen molar-refractivity contribution in [3.63, 3.8) is 0 Å². The van der Waals surface area contributed by atoms with Gasteiger partial charge in [0.15, 0.2) is 0 Å². The maximum atomic E-state index is 15.9. The lowest BCUT2D eigenvalue weighted by Crippen LogP contribution is -2.81. The van der Waals surface area contributed by atoms with Gasteiger partial charge < -0.3 is 5.32 Å². The predicted octanol–water partition coefficient (Wildman–Crippen LogP) is 8.49. The highest BCUT2D eigenvalue weighted by atomic mass is 19.2. The van der Waals surface area contributed by atoms with Crippen molar-refractivity contribution in [1.29, 1.82) is 0 Å². The van der Waals surface area contributed by atoms with E-state index in [1.54, 1.807) is 0 Å². The van der Waals surface area contributed by atoms with Gasteiger partial charge in [-0.2, -0.15) is 0 Å². The third kappa shape index (κ3) is 7.89. The van der Waals surface area contributed by atoms with E-state index in [-0.39, 0.29) is 22.3 Å². The van der Waals surface area contributed by atoms with E-state index < -0.39 is 74.5 Å². The Hall–Kier alpha value is -5.22. The van der Waals surface area contributed by atoms with Crippen LogP contribution in [0.15, 0.2) is 97.1 Å². The van der Waals surface area contributed by atoms with Gasteiger partial charge in [0.05, 0.1) is 46.5 Å². The molecule has 0 aliphatic carbocycles. The number of hydrogen-bond donors (Lipinski definition) is 1. The van der Waals surface area contributed by atoms with Gasteiger partial charge in [-0.1, -0.05) is 86.6 Å². The number of nitrogens with two attached hydrogens (primary N) is 1. The monoisotopic (exact) mass is 773 g/mol. The van der Waals surface area contributed by atoms with Gasteiger partial charge in [-0.05, 0) is 98.2 Å². The van der Waals surface area contributed by atoms with Crippen LogP contribution in [0.25, 0.3) is 0 Å². The lowest BCUT2D eigenvalue weighted by molar-refractivity contribution is -0.686.